The SMILES string of the molecule is Cc1ccc(CNC(=O)C2CCN(CC(=O)Nc3cccc(Oc4ccccc4)c3)CC2)cc1F. The second-order valence-electron chi connectivity index (χ2n) is 8.84. The fourth-order valence-electron chi connectivity index (χ4n) is 4.10. The quantitative estimate of drug-likeness (QED) is 0.487. The summed E-state index contributed by atoms with van der Waals surface area (Å²) in [6.45, 7) is 3.62. The molecular formula is C28H30FN3O3. The van der Waals surface area contributed by atoms with Crippen molar-refractivity contribution in [2.45, 2.75) is 26.3 Å². The van der Waals surface area contributed by atoms with Crippen LogP contribution in [0.5, 0.6) is 11.5 Å². The molecule has 0 saturated carbocycles. The number of para-hydroxylation sites is 1. The van der Waals surface area contributed by atoms with E-state index >= 15 is 0 Å². The third-order valence-corrected chi connectivity index (χ3v) is 6.13. The monoisotopic (exact) mass is 475 g/mol. The third kappa shape index (κ3) is 7.13. The standard InChI is InChI=1S/C28H30FN3O3/c1-20-10-11-21(16-26(20)29)18-30-28(34)22-12-14-32(15-13-22)19-27(33)31-23-6-5-9-25(17-23)35-24-7-3-2-4-8-24/h2-11,16-17,22H,12-15,18-19H2,1H3,(H,30,34)(H,31,33). The molecule has 0 bridgehead atoms. The molecule has 7 heteroatoms. The van der Waals surface area contributed by atoms with Gasteiger partial charge in [0.2, 0.25) is 11.8 Å². The first kappa shape index (κ1) is 24.4. The van der Waals surface area contributed by atoms with E-state index in [4.69, 9.17) is 4.74 Å². The number of likely N-dealkylation sites (tertiary alicyclic amines) is 1. The Kier molecular flexibility index (Phi) is 8.11. The van der Waals surface area contributed by atoms with Crippen molar-refractivity contribution >= 4 is 17.5 Å². The first-order chi connectivity index (χ1) is 17.0. The highest BCUT2D eigenvalue weighted by Gasteiger charge is 2.25. The number of aryl methyl sites for hydroxylation is 1. The number of amides is 2. The van der Waals surface area contributed by atoms with Gasteiger partial charge in [-0.25, -0.2) is 4.39 Å². The summed E-state index contributed by atoms with van der Waals surface area (Å²) in [6, 6.07) is 21.8. The van der Waals surface area contributed by atoms with Crippen LogP contribution >= 0.6 is 0 Å². The lowest BCUT2D eigenvalue weighted by molar-refractivity contribution is -0.126. The van der Waals surface area contributed by atoms with Crippen LogP contribution in [0.1, 0.15) is 24.0 Å². The predicted octanol–water partition coefficient (Wildman–Crippen LogP) is 4.89. The summed E-state index contributed by atoms with van der Waals surface area (Å²) in [5.74, 6) is 0.884. The number of anilines is 1. The molecule has 0 unspecified atom stereocenters. The summed E-state index contributed by atoms with van der Waals surface area (Å²) in [5.41, 5.74) is 2.00. The fourth-order valence-corrected chi connectivity index (χ4v) is 4.10. The Hall–Kier alpha value is -3.71. The van der Waals surface area contributed by atoms with Crippen LogP contribution in [0.4, 0.5) is 10.1 Å². The summed E-state index contributed by atoms with van der Waals surface area (Å²) in [7, 11) is 0. The van der Waals surface area contributed by atoms with Gasteiger partial charge in [-0.15, -0.1) is 0 Å². The van der Waals surface area contributed by atoms with E-state index in [9.17, 15) is 14.0 Å². The van der Waals surface area contributed by atoms with Crippen LogP contribution < -0.4 is 15.4 Å². The number of nitrogens with zero attached hydrogens (tertiary/aromatic N) is 1. The van der Waals surface area contributed by atoms with Crippen LogP contribution in [-0.4, -0.2) is 36.3 Å². The van der Waals surface area contributed by atoms with Crippen molar-refractivity contribution in [1.29, 1.82) is 0 Å². The molecule has 4 rings (SSSR count). The normalized spacial score (nSPS) is 14.3. The van der Waals surface area contributed by atoms with Gasteiger partial charge >= 0.3 is 0 Å². The van der Waals surface area contributed by atoms with Gasteiger partial charge < -0.3 is 15.4 Å². The van der Waals surface area contributed by atoms with Gasteiger partial charge in [0.1, 0.15) is 17.3 Å². The minimum Gasteiger partial charge on any atom is -0.457 e. The topological polar surface area (TPSA) is 70.7 Å². The number of halogens is 1. The van der Waals surface area contributed by atoms with E-state index in [2.05, 4.69) is 15.5 Å². The summed E-state index contributed by atoms with van der Waals surface area (Å²) in [4.78, 5) is 27.2. The molecule has 35 heavy (non-hydrogen) atoms. The van der Waals surface area contributed by atoms with E-state index in [0.717, 1.165) is 11.3 Å². The highest BCUT2D eigenvalue weighted by atomic mass is 19.1. The summed E-state index contributed by atoms with van der Waals surface area (Å²) in [5, 5.41) is 5.84. The Balaban J connectivity index is 1.20. The van der Waals surface area contributed by atoms with E-state index in [1.807, 2.05) is 54.6 Å². The van der Waals surface area contributed by atoms with Gasteiger partial charge in [-0.3, -0.25) is 14.5 Å². The van der Waals surface area contributed by atoms with E-state index in [1.165, 1.54) is 6.07 Å². The number of rotatable bonds is 8. The number of hydrogen-bond donors (Lipinski definition) is 2. The largest absolute Gasteiger partial charge is 0.457 e. The molecule has 0 atom stereocenters. The number of hydrogen-bond acceptors (Lipinski definition) is 4. The van der Waals surface area contributed by atoms with Gasteiger partial charge in [-0.1, -0.05) is 36.4 Å². The molecule has 3 aromatic rings. The fraction of sp³-hybridized carbons (Fsp3) is 0.286. The predicted molar refractivity (Wildman–Crippen MR) is 134 cm³/mol. The Morgan fingerprint density at radius 1 is 0.971 bits per heavy atom. The highest BCUT2D eigenvalue weighted by molar-refractivity contribution is 5.92. The molecule has 0 aliphatic carbocycles. The molecular weight excluding hydrogens is 445 g/mol. The molecule has 1 aliphatic rings. The molecule has 182 valence electrons. The van der Waals surface area contributed by atoms with Gasteiger partial charge in [0.25, 0.3) is 0 Å². The average Bonchev–Trinajstić information content (AvgIpc) is 2.86. The maximum atomic E-state index is 13.7. The van der Waals surface area contributed by atoms with E-state index in [-0.39, 0.29) is 30.1 Å². The summed E-state index contributed by atoms with van der Waals surface area (Å²) < 4.78 is 19.5. The van der Waals surface area contributed by atoms with Crippen molar-refractivity contribution in [3.8, 4) is 11.5 Å². The first-order valence-electron chi connectivity index (χ1n) is 11.8. The minimum absolute atomic E-state index is 0.0229. The van der Waals surface area contributed by atoms with Crippen molar-refractivity contribution in [1.82, 2.24) is 10.2 Å². The molecule has 3 aromatic carbocycles. The van der Waals surface area contributed by atoms with Crippen LogP contribution in [0.2, 0.25) is 0 Å². The average molecular weight is 476 g/mol. The second-order valence-corrected chi connectivity index (χ2v) is 8.84. The lowest BCUT2D eigenvalue weighted by Gasteiger charge is -2.30. The Morgan fingerprint density at radius 3 is 2.46 bits per heavy atom. The zero-order valence-electron chi connectivity index (χ0n) is 19.8. The number of ether oxygens (including phenoxy) is 1. The highest BCUT2D eigenvalue weighted by Crippen LogP contribution is 2.24. The maximum Gasteiger partial charge on any atom is 0.238 e. The zero-order valence-corrected chi connectivity index (χ0v) is 19.8. The van der Waals surface area contributed by atoms with Gasteiger partial charge in [0.05, 0.1) is 6.54 Å². The molecule has 1 saturated heterocycles. The number of benzene rings is 3. The van der Waals surface area contributed by atoms with Gasteiger partial charge in [0, 0.05) is 24.2 Å². The Bertz CT molecular complexity index is 1160. The van der Waals surface area contributed by atoms with Gasteiger partial charge in [0.15, 0.2) is 0 Å². The van der Waals surface area contributed by atoms with Crippen LogP contribution in [0.15, 0.2) is 72.8 Å². The van der Waals surface area contributed by atoms with Crippen LogP contribution in [0.3, 0.4) is 0 Å². The number of piperidine rings is 1. The Morgan fingerprint density at radius 2 is 1.71 bits per heavy atom. The van der Waals surface area contributed by atoms with Crippen molar-refractivity contribution in [3.63, 3.8) is 0 Å². The second kappa shape index (κ2) is 11.6. The van der Waals surface area contributed by atoms with Crippen molar-refractivity contribution < 1.29 is 18.7 Å². The molecule has 2 amide bonds. The number of carbonyl (C=O) groups is 2. The van der Waals surface area contributed by atoms with Gasteiger partial charge in [-0.05, 0) is 74.3 Å². The molecule has 1 fully saturated rings. The van der Waals surface area contributed by atoms with Crippen LogP contribution in [-0.2, 0) is 16.1 Å². The molecule has 0 radical (unpaired) electrons. The third-order valence-electron chi connectivity index (χ3n) is 6.13. The maximum absolute atomic E-state index is 13.7. The van der Waals surface area contributed by atoms with Crippen LogP contribution in [0.25, 0.3) is 0 Å². The van der Waals surface area contributed by atoms with Crippen molar-refractivity contribution in [3.05, 3.63) is 89.7 Å². The first-order valence-corrected chi connectivity index (χ1v) is 11.8. The summed E-state index contributed by atoms with van der Waals surface area (Å²) >= 11 is 0. The van der Waals surface area contributed by atoms with E-state index < -0.39 is 0 Å². The van der Waals surface area contributed by atoms with Crippen LogP contribution in [0, 0.1) is 18.7 Å². The Labute approximate surface area is 205 Å². The number of nitrogens with one attached hydrogen (secondary N) is 2. The van der Waals surface area contributed by atoms with Gasteiger partial charge in [-0.2, -0.15) is 0 Å². The molecule has 0 spiro atoms. The summed E-state index contributed by atoms with van der Waals surface area (Å²) in [6.07, 6.45) is 1.36. The lowest BCUT2D eigenvalue weighted by Crippen LogP contribution is -2.43. The molecule has 0 aromatic heterocycles. The van der Waals surface area contributed by atoms with E-state index in [0.29, 0.717) is 49.5 Å². The van der Waals surface area contributed by atoms with E-state index in [1.54, 1.807) is 19.1 Å². The van der Waals surface area contributed by atoms with Crippen molar-refractivity contribution in [2.75, 3.05) is 25.0 Å². The van der Waals surface area contributed by atoms with Crippen molar-refractivity contribution in [2.24, 2.45) is 5.92 Å². The zero-order chi connectivity index (χ0) is 24.6. The number of carbonyl (C=O) groups excluding carboxylic acids is 2. The molecule has 1 heterocycles. The lowest BCUT2D eigenvalue weighted by atomic mass is 9.95. The smallest absolute Gasteiger partial charge is 0.238 e. The molecule has 6 nitrogen and oxygen atoms in total. The molecule has 1 aliphatic heterocycles. The minimum atomic E-state index is -0.265. The molecule has 2 N–H and O–H groups in total.